The molecule has 2 amide bonds. The molecule has 29 heavy (non-hydrogen) atoms. The van der Waals surface area contributed by atoms with Crippen LogP contribution >= 0.6 is 11.3 Å². The number of amides is 2. The Kier molecular flexibility index (Phi) is 6.01. The minimum atomic E-state index is -0.285. The Morgan fingerprint density at radius 1 is 1.21 bits per heavy atom. The van der Waals surface area contributed by atoms with Gasteiger partial charge in [-0.15, -0.1) is 11.3 Å². The number of hydrogen-bond acceptors (Lipinski definition) is 4. The molecule has 0 radical (unpaired) electrons. The number of piperazine rings is 1. The van der Waals surface area contributed by atoms with Gasteiger partial charge in [-0.1, -0.05) is 36.4 Å². The van der Waals surface area contributed by atoms with Crippen LogP contribution in [-0.4, -0.2) is 53.8 Å². The van der Waals surface area contributed by atoms with E-state index in [1.165, 1.54) is 10.4 Å². The number of carbonyl (C=O) groups is 2. The molecule has 2 aromatic rings. The van der Waals surface area contributed by atoms with Crippen LogP contribution in [0.2, 0.25) is 0 Å². The van der Waals surface area contributed by atoms with Crippen molar-refractivity contribution < 1.29 is 9.59 Å². The molecule has 6 heteroatoms. The van der Waals surface area contributed by atoms with Crippen LogP contribution in [0.5, 0.6) is 0 Å². The van der Waals surface area contributed by atoms with Crippen LogP contribution in [0.25, 0.3) is 0 Å². The number of likely N-dealkylation sites (N-methyl/N-ethyl adjacent to an activating group) is 1. The quantitative estimate of drug-likeness (QED) is 0.794. The lowest BCUT2D eigenvalue weighted by Crippen LogP contribution is -2.50. The maximum absolute atomic E-state index is 13.3. The Morgan fingerprint density at radius 2 is 2.03 bits per heavy atom. The van der Waals surface area contributed by atoms with Crippen LogP contribution in [0.15, 0.2) is 47.8 Å². The summed E-state index contributed by atoms with van der Waals surface area (Å²) in [5, 5.41) is 5.27. The molecule has 1 unspecified atom stereocenters. The van der Waals surface area contributed by atoms with Gasteiger partial charge in [-0.05, 0) is 36.9 Å². The summed E-state index contributed by atoms with van der Waals surface area (Å²) in [7, 11) is 2.11. The highest BCUT2D eigenvalue weighted by Crippen LogP contribution is 2.32. The molecule has 1 aromatic heterocycles. The van der Waals surface area contributed by atoms with Gasteiger partial charge < -0.3 is 15.1 Å². The van der Waals surface area contributed by atoms with Gasteiger partial charge in [0, 0.05) is 49.3 Å². The van der Waals surface area contributed by atoms with Gasteiger partial charge in [0.25, 0.3) is 0 Å². The van der Waals surface area contributed by atoms with Crippen LogP contribution in [0.1, 0.15) is 42.2 Å². The van der Waals surface area contributed by atoms with E-state index in [1.54, 1.807) is 11.3 Å². The molecule has 2 aliphatic heterocycles. The molecule has 2 aliphatic rings. The van der Waals surface area contributed by atoms with Crippen LogP contribution in [-0.2, 0) is 16.0 Å². The Labute approximate surface area is 176 Å². The van der Waals surface area contributed by atoms with Gasteiger partial charge in [-0.2, -0.15) is 0 Å². The third kappa shape index (κ3) is 4.70. The second-order valence-electron chi connectivity index (χ2n) is 8.36. The summed E-state index contributed by atoms with van der Waals surface area (Å²) >= 11 is 1.72. The van der Waals surface area contributed by atoms with E-state index in [4.69, 9.17) is 0 Å². The Morgan fingerprint density at radius 3 is 2.72 bits per heavy atom. The second kappa shape index (κ2) is 8.67. The SMILES string of the molecule is CN1CCN(C(=O)CCC2(Cc3cccs3)CCC(=O)N2)[C@@H](c2ccccc2)C1. The molecule has 0 spiro atoms. The van der Waals surface area contributed by atoms with Crippen LogP contribution in [0, 0.1) is 0 Å². The molecule has 2 fully saturated rings. The zero-order valence-electron chi connectivity index (χ0n) is 17.0. The van der Waals surface area contributed by atoms with Crippen molar-refractivity contribution in [3.8, 4) is 0 Å². The van der Waals surface area contributed by atoms with Crippen molar-refractivity contribution in [2.75, 3.05) is 26.7 Å². The monoisotopic (exact) mass is 411 g/mol. The maximum atomic E-state index is 13.3. The zero-order chi connectivity index (χ0) is 20.3. The fourth-order valence-electron chi connectivity index (χ4n) is 4.60. The molecule has 0 saturated carbocycles. The van der Waals surface area contributed by atoms with Gasteiger partial charge in [0.15, 0.2) is 0 Å². The van der Waals surface area contributed by atoms with Crippen LogP contribution in [0.4, 0.5) is 0 Å². The molecule has 0 bridgehead atoms. The van der Waals surface area contributed by atoms with Gasteiger partial charge >= 0.3 is 0 Å². The number of carbonyl (C=O) groups excluding carboxylic acids is 2. The predicted molar refractivity (Wildman–Crippen MR) is 116 cm³/mol. The summed E-state index contributed by atoms with van der Waals surface area (Å²) in [6.07, 6.45) is 3.35. The van der Waals surface area contributed by atoms with E-state index in [0.717, 1.165) is 32.5 Å². The van der Waals surface area contributed by atoms with E-state index in [1.807, 2.05) is 29.2 Å². The van der Waals surface area contributed by atoms with E-state index in [0.29, 0.717) is 19.3 Å². The fourth-order valence-corrected chi connectivity index (χ4v) is 5.45. The fraction of sp³-hybridized carbons (Fsp3) is 0.478. The lowest BCUT2D eigenvalue weighted by molar-refractivity contribution is -0.136. The van der Waals surface area contributed by atoms with E-state index >= 15 is 0 Å². The van der Waals surface area contributed by atoms with Gasteiger partial charge in [0.1, 0.15) is 0 Å². The predicted octanol–water partition coefficient (Wildman–Crippen LogP) is 3.23. The van der Waals surface area contributed by atoms with Crippen molar-refractivity contribution in [2.45, 2.75) is 43.7 Å². The number of rotatable bonds is 6. The van der Waals surface area contributed by atoms with E-state index < -0.39 is 0 Å². The molecule has 2 atom stereocenters. The summed E-state index contributed by atoms with van der Waals surface area (Å²) < 4.78 is 0. The van der Waals surface area contributed by atoms with Gasteiger partial charge in [-0.25, -0.2) is 0 Å². The van der Waals surface area contributed by atoms with Crippen molar-refractivity contribution in [3.05, 3.63) is 58.3 Å². The highest BCUT2D eigenvalue weighted by atomic mass is 32.1. The molecular weight excluding hydrogens is 382 g/mol. The first kappa shape index (κ1) is 20.1. The number of thiophene rings is 1. The molecule has 1 N–H and O–H groups in total. The number of nitrogens with one attached hydrogen (secondary N) is 1. The average molecular weight is 412 g/mol. The van der Waals surface area contributed by atoms with Gasteiger partial charge in [0.05, 0.1) is 6.04 Å². The van der Waals surface area contributed by atoms with E-state index in [9.17, 15) is 9.59 Å². The normalized spacial score (nSPS) is 25.2. The van der Waals surface area contributed by atoms with Gasteiger partial charge in [0.2, 0.25) is 11.8 Å². The summed E-state index contributed by atoms with van der Waals surface area (Å²) in [5.74, 6) is 0.300. The molecule has 1 aromatic carbocycles. The first-order valence-electron chi connectivity index (χ1n) is 10.4. The number of hydrogen-bond donors (Lipinski definition) is 1. The van der Waals surface area contributed by atoms with Crippen LogP contribution < -0.4 is 5.32 Å². The third-order valence-corrected chi connectivity index (χ3v) is 7.11. The minimum Gasteiger partial charge on any atom is -0.350 e. The molecular formula is C23H29N3O2S. The summed E-state index contributed by atoms with van der Waals surface area (Å²) in [5.41, 5.74) is 0.904. The Balaban J connectivity index is 1.46. The summed E-state index contributed by atoms with van der Waals surface area (Å²) in [4.78, 5) is 30.9. The van der Waals surface area contributed by atoms with Gasteiger partial charge in [-0.3, -0.25) is 9.59 Å². The van der Waals surface area contributed by atoms with E-state index in [-0.39, 0.29) is 23.4 Å². The molecule has 2 saturated heterocycles. The maximum Gasteiger partial charge on any atom is 0.223 e. The lowest BCUT2D eigenvalue weighted by atomic mass is 9.87. The Hall–Kier alpha value is -2.18. The third-order valence-electron chi connectivity index (χ3n) is 6.23. The topological polar surface area (TPSA) is 52.7 Å². The lowest BCUT2D eigenvalue weighted by Gasteiger charge is -2.41. The van der Waals surface area contributed by atoms with Crippen molar-refractivity contribution in [1.29, 1.82) is 0 Å². The van der Waals surface area contributed by atoms with Crippen LogP contribution in [0.3, 0.4) is 0 Å². The smallest absolute Gasteiger partial charge is 0.223 e. The average Bonchev–Trinajstić information content (AvgIpc) is 3.37. The largest absolute Gasteiger partial charge is 0.350 e. The molecule has 154 valence electrons. The number of nitrogens with zero attached hydrogens (tertiary/aromatic N) is 2. The minimum absolute atomic E-state index is 0.0915. The van der Waals surface area contributed by atoms with Crippen molar-refractivity contribution >= 4 is 23.2 Å². The van der Waals surface area contributed by atoms with E-state index in [2.05, 4.69) is 40.8 Å². The van der Waals surface area contributed by atoms with Crippen molar-refractivity contribution in [1.82, 2.24) is 15.1 Å². The highest BCUT2D eigenvalue weighted by Gasteiger charge is 2.39. The summed E-state index contributed by atoms with van der Waals surface area (Å²) in [6.45, 7) is 2.50. The first-order valence-corrected chi connectivity index (χ1v) is 11.3. The molecule has 0 aliphatic carbocycles. The number of benzene rings is 1. The summed E-state index contributed by atoms with van der Waals surface area (Å²) in [6, 6.07) is 14.6. The van der Waals surface area contributed by atoms with Crippen molar-refractivity contribution in [2.24, 2.45) is 0 Å². The Bertz CT molecular complexity index is 839. The molecule has 3 heterocycles. The van der Waals surface area contributed by atoms with Crippen molar-refractivity contribution in [3.63, 3.8) is 0 Å². The second-order valence-corrected chi connectivity index (χ2v) is 9.39. The molecule has 5 nitrogen and oxygen atoms in total. The standard InChI is InChI=1S/C23H29N3O2S/c1-25-13-14-26(20(17-25)18-6-3-2-4-7-18)22(28)10-12-23(11-9-21(27)24-23)16-19-8-5-15-29-19/h2-8,15,20H,9-14,16-17H2,1H3,(H,24,27)/t20-,23?/m1/s1. The highest BCUT2D eigenvalue weighted by molar-refractivity contribution is 7.09. The first-order chi connectivity index (χ1) is 14.0. The zero-order valence-corrected chi connectivity index (χ0v) is 17.8. The molecule has 4 rings (SSSR count).